The minimum Gasteiger partial charge on any atom is -0.485 e. The van der Waals surface area contributed by atoms with Crippen molar-refractivity contribution in [3.05, 3.63) is 84.6 Å². The summed E-state index contributed by atoms with van der Waals surface area (Å²) in [5.74, 6) is 1.91. The van der Waals surface area contributed by atoms with E-state index in [1.165, 1.54) is 0 Å². The number of pyridine rings is 1. The van der Waals surface area contributed by atoms with Crippen molar-refractivity contribution in [2.24, 2.45) is 0 Å². The summed E-state index contributed by atoms with van der Waals surface area (Å²) in [5, 5.41) is 0. The topological polar surface area (TPSA) is 31.4 Å². The van der Waals surface area contributed by atoms with E-state index in [1.54, 1.807) is 6.20 Å². The summed E-state index contributed by atoms with van der Waals surface area (Å²) < 4.78 is 11.6. The Kier molecular flexibility index (Phi) is 4.12. The minimum absolute atomic E-state index is 0.503. The second-order valence-corrected chi connectivity index (χ2v) is 4.49. The molecule has 0 atom stereocenters. The lowest BCUT2D eigenvalue weighted by molar-refractivity contribution is 0.290. The van der Waals surface area contributed by atoms with Gasteiger partial charge in [-0.15, -0.1) is 0 Å². The highest BCUT2D eigenvalue weighted by atomic mass is 16.5. The van der Waals surface area contributed by atoms with Gasteiger partial charge in [-0.05, 0) is 23.8 Å². The van der Waals surface area contributed by atoms with Gasteiger partial charge in [-0.25, -0.2) is 4.98 Å². The third-order valence-corrected chi connectivity index (χ3v) is 2.94. The number of hydrogen-bond acceptors (Lipinski definition) is 3. The fourth-order valence-electron chi connectivity index (χ4n) is 1.91. The Labute approximate surface area is 123 Å². The zero-order valence-electron chi connectivity index (χ0n) is 11.5. The van der Waals surface area contributed by atoms with Gasteiger partial charge in [0.15, 0.2) is 11.5 Å². The lowest BCUT2D eigenvalue weighted by Gasteiger charge is -2.11. The van der Waals surface area contributed by atoms with Gasteiger partial charge >= 0.3 is 0 Å². The van der Waals surface area contributed by atoms with Gasteiger partial charge in [0.25, 0.3) is 0 Å². The zero-order chi connectivity index (χ0) is 14.3. The minimum atomic E-state index is 0.503. The highest BCUT2D eigenvalue weighted by molar-refractivity contribution is 5.41. The van der Waals surface area contributed by atoms with Crippen LogP contribution in [0.1, 0.15) is 5.56 Å². The van der Waals surface area contributed by atoms with Gasteiger partial charge in [0.05, 0.1) is 0 Å². The normalized spacial score (nSPS) is 10.1. The Morgan fingerprint density at radius 3 is 2.19 bits per heavy atom. The number of para-hydroxylation sites is 2. The summed E-state index contributed by atoms with van der Waals surface area (Å²) in [6.07, 6.45) is 1.70. The van der Waals surface area contributed by atoms with E-state index in [4.69, 9.17) is 9.47 Å². The van der Waals surface area contributed by atoms with Crippen LogP contribution in [-0.2, 0) is 6.61 Å². The van der Waals surface area contributed by atoms with Crippen LogP contribution in [0.2, 0.25) is 0 Å². The summed E-state index contributed by atoms with van der Waals surface area (Å²) in [6, 6.07) is 23.2. The molecule has 0 aliphatic rings. The molecule has 21 heavy (non-hydrogen) atoms. The maximum atomic E-state index is 5.84. The molecule has 0 radical (unpaired) electrons. The molecule has 3 aromatic rings. The van der Waals surface area contributed by atoms with Crippen molar-refractivity contribution in [1.82, 2.24) is 4.98 Å². The maximum Gasteiger partial charge on any atom is 0.219 e. The highest BCUT2D eigenvalue weighted by Gasteiger charge is 2.06. The molecule has 3 heteroatoms. The molecule has 0 unspecified atom stereocenters. The number of benzene rings is 2. The van der Waals surface area contributed by atoms with E-state index in [-0.39, 0.29) is 0 Å². The van der Waals surface area contributed by atoms with E-state index in [0.717, 1.165) is 5.56 Å². The number of nitrogens with zero attached hydrogens (tertiary/aromatic N) is 1. The molecule has 3 rings (SSSR count). The standard InChI is InChI=1S/C18H15NO2/c1-2-8-15(9-3-1)14-20-16-10-4-5-11-17(16)21-18-12-6-7-13-19-18/h1-13H,14H2. The third kappa shape index (κ3) is 3.60. The Balaban J connectivity index is 1.73. The zero-order valence-corrected chi connectivity index (χ0v) is 11.5. The van der Waals surface area contributed by atoms with E-state index in [2.05, 4.69) is 4.98 Å². The van der Waals surface area contributed by atoms with Crippen LogP contribution in [-0.4, -0.2) is 4.98 Å². The van der Waals surface area contributed by atoms with E-state index < -0.39 is 0 Å². The lowest BCUT2D eigenvalue weighted by Crippen LogP contribution is -1.97. The van der Waals surface area contributed by atoms with Gasteiger partial charge in [0.1, 0.15) is 6.61 Å². The summed E-state index contributed by atoms with van der Waals surface area (Å²) in [6.45, 7) is 0.503. The average Bonchev–Trinajstić information content (AvgIpc) is 2.56. The summed E-state index contributed by atoms with van der Waals surface area (Å²) in [7, 11) is 0. The smallest absolute Gasteiger partial charge is 0.219 e. The van der Waals surface area contributed by atoms with Crippen LogP contribution < -0.4 is 9.47 Å². The first kappa shape index (κ1) is 13.2. The van der Waals surface area contributed by atoms with Gasteiger partial charge in [-0.2, -0.15) is 0 Å². The molecule has 3 nitrogen and oxygen atoms in total. The fourth-order valence-corrected chi connectivity index (χ4v) is 1.91. The van der Waals surface area contributed by atoms with Gasteiger partial charge < -0.3 is 9.47 Å². The summed E-state index contributed by atoms with van der Waals surface area (Å²) in [5.41, 5.74) is 1.12. The molecule has 2 aromatic carbocycles. The number of rotatable bonds is 5. The number of aromatic nitrogens is 1. The molecule has 0 saturated carbocycles. The van der Waals surface area contributed by atoms with Gasteiger partial charge in [0, 0.05) is 12.3 Å². The molecular formula is C18H15NO2. The molecule has 1 aromatic heterocycles. The van der Waals surface area contributed by atoms with Crippen molar-refractivity contribution < 1.29 is 9.47 Å². The second-order valence-electron chi connectivity index (χ2n) is 4.49. The van der Waals surface area contributed by atoms with Crippen molar-refractivity contribution in [3.63, 3.8) is 0 Å². The lowest BCUT2D eigenvalue weighted by atomic mass is 10.2. The molecule has 0 spiro atoms. The van der Waals surface area contributed by atoms with Crippen LogP contribution in [0.25, 0.3) is 0 Å². The largest absolute Gasteiger partial charge is 0.485 e. The number of hydrogen-bond donors (Lipinski definition) is 0. The molecule has 0 saturated heterocycles. The van der Waals surface area contributed by atoms with Crippen molar-refractivity contribution in [2.75, 3.05) is 0 Å². The van der Waals surface area contributed by atoms with Crippen molar-refractivity contribution in [3.8, 4) is 17.4 Å². The number of ether oxygens (including phenoxy) is 2. The van der Waals surface area contributed by atoms with E-state index in [1.807, 2.05) is 72.8 Å². The highest BCUT2D eigenvalue weighted by Crippen LogP contribution is 2.30. The van der Waals surface area contributed by atoms with Crippen LogP contribution >= 0.6 is 0 Å². The Hall–Kier alpha value is -2.81. The van der Waals surface area contributed by atoms with Crippen molar-refractivity contribution in [2.45, 2.75) is 6.61 Å². The molecule has 0 aliphatic carbocycles. The van der Waals surface area contributed by atoms with Crippen LogP contribution in [0.5, 0.6) is 17.4 Å². The first-order valence-corrected chi connectivity index (χ1v) is 6.76. The monoisotopic (exact) mass is 277 g/mol. The average molecular weight is 277 g/mol. The predicted octanol–water partition coefficient (Wildman–Crippen LogP) is 4.45. The van der Waals surface area contributed by atoms with Crippen LogP contribution in [0.4, 0.5) is 0 Å². The first-order chi connectivity index (χ1) is 10.4. The van der Waals surface area contributed by atoms with Gasteiger partial charge in [-0.3, -0.25) is 0 Å². The molecule has 1 heterocycles. The molecule has 0 aliphatic heterocycles. The van der Waals surface area contributed by atoms with Gasteiger partial charge in [0.2, 0.25) is 5.88 Å². The summed E-state index contributed by atoms with van der Waals surface area (Å²) >= 11 is 0. The molecule has 0 amide bonds. The summed E-state index contributed by atoms with van der Waals surface area (Å²) in [4.78, 5) is 4.16. The Morgan fingerprint density at radius 1 is 0.714 bits per heavy atom. The van der Waals surface area contributed by atoms with E-state index >= 15 is 0 Å². The van der Waals surface area contributed by atoms with E-state index in [0.29, 0.717) is 24.0 Å². The molecule has 104 valence electrons. The van der Waals surface area contributed by atoms with Crippen molar-refractivity contribution in [1.29, 1.82) is 0 Å². The second kappa shape index (κ2) is 6.57. The molecular weight excluding hydrogens is 262 g/mol. The van der Waals surface area contributed by atoms with Crippen LogP contribution in [0.3, 0.4) is 0 Å². The maximum absolute atomic E-state index is 5.84. The Bertz CT molecular complexity index is 684. The third-order valence-electron chi connectivity index (χ3n) is 2.94. The fraction of sp³-hybridized carbons (Fsp3) is 0.0556. The predicted molar refractivity (Wildman–Crippen MR) is 81.5 cm³/mol. The quantitative estimate of drug-likeness (QED) is 0.690. The molecule has 0 N–H and O–H groups in total. The first-order valence-electron chi connectivity index (χ1n) is 6.76. The van der Waals surface area contributed by atoms with Gasteiger partial charge in [-0.1, -0.05) is 48.5 Å². The Morgan fingerprint density at radius 2 is 1.43 bits per heavy atom. The molecule has 0 fully saturated rings. The SMILES string of the molecule is c1ccc(COc2ccccc2Oc2ccccn2)cc1. The van der Waals surface area contributed by atoms with Crippen molar-refractivity contribution >= 4 is 0 Å². The van der Waals surface area contributed by atoms with Crippen LogP contribution in [0.15, 0.2) is 79.0 Å². The van der Waals surface area contributed by atoms with Crippen LogP contribution in [0, 0.1) is 0 Å². The molecule has 0 bridgehead atoms. The van der Waals surface area contributed by atoms with E-state index in [9.17, 15) is 0 Å².